The molecule has 0 unspecified atom stereocenters. The Labute approximate surface area is 111 Å². The number of carboxylic acid groups (broad SMARTS) is 1. The van der Waals surface area contributed by atoms with Gasteiger partial charge in [-0.25, -0.2) is 0 Å². The molecule has 1 saturated heterocycles. The maximum absolute atomic E-state index is 12.0. The number of carboxylic acids is 1. The number of allylic oxidation sites excluding steroid dienone is 1. The summed E-state index contributed by atoms with van der Waals surface area (Å²) in [5.74, 6) is -0.966. The minimum atomic E-state index is -0.878. The average molecular weight is 266 g/mol. The Bertz CT molecular complexity index is 476. The van der Waals surface area contributed by atoms with Crippen molar-refractivity contribution in [2.24, 2.45) is 0 Å². The molecular weight excluding hydrogens is 248 g/mol. The Hall–Kier alpha value is -1.46. The molecule has 2 N–H and O–H groups in total. The molecular formula is C14H18O5. The molecule has 2 aliphatic rings. The number of ether oxygens (including phenoxy) is 1. The van der Waals surface area contributed by atoms with Crippen LogP contribution in [-0.2, 0) is 14.3 Å². The van der Waals surface area contributed by atoms with Gasteiger partial charge in [0.05, 0.1) is 6.42 Å². The van der Waals surface area contributed by atoms with E-state index in [4.69, 9.17) is 9.84 Å². The van der Waals surface area contributed by atoms with Crippen LogP contribution in [0.4, 0.5) is 0 Å². The van der Waals surface area contributed by atoms with Crippen LogP contribution in [0.5, 0.6) is 0 Å². The van der Waals surface area contributed by atoms with E-state index in [-0.39, 0.29) is 12.2 Å². The zero-order chi connectivity index (χ0) is 14.2. The van der Waals surface area contributed by atoms with Gasteiger partial charge in [0.2, 0.25) is 0 Å². The molecule has 2 rings (SSSR count). The molecule has 0 aromatic rings. The summed E-state index contributed by atoms with van der Waals surface area (Å²) in [6, 6.07) is 0. The number of aliphatic carboxylic acids is 1. The number of carbonyl (C=O) groups excluding carboxylic acids is 1. The summed E-state index contributed by atoms with van der Waals surface area (Å²) in [6.07, 6.45) is 3.01. The molecule has 0 aromatic heterocycles. The first-order valence-electron chi connectivity index (χ1n) is 6.33. The first-order chi connectivity index (χ1) is 8.86. The van der Waals surface area contributed by atoms with Crippen molar-refractivity contribution in [2.75, 3.05) is 0 Å². The number of rotatable bonds is 5. The zero-order valence-electron chi connectivity index (χ0n) is 11.0. The number of aliphatic hydroxyl groups excluding tert-OH is 1. The second kappa shape index (κ2) is 4.90. The summed E-state index contributed by atoms with van der Waals surface area (Å²) >= 11 is 0. The van der Waals surface area contributed by atoms with Crippen LogP contribution in [0.3, 0.4) is 0 Å². The van der Waals surface area contributed by atoms with Gasteiger partial charge in [-0.3, -0.25) is 9.59 Å². The van der Waals surface area contributed by atoms with Crippen molar-refractivity contribution in [3.8, 4) is 0 Å². The third kappa shape index (κ3) is 2.62. The molecule has 0 aromatic carbocycles. The van der Waals surface area contributed by atoms with E-state index in [2.05, 4.69) is 0 Å². The first-order valence-corrected chi connectivity index (χ1v) is 6.33. The average Bonchev–Trinajstić information content (AvgIpc) is 3.08. The molecule has 0 radical (unpaired) electrons. The fourth-order valence-corrected chi connectivity index (χ4v) is 2.43. The fraction of sp³-hybridized carbons (Fsp3) is 0.571. The van der Waals surface area contributed by atoms with E-state index in [1.165, 1.54) is 6.08 Å². The SMILES string of the molecule is CC1=CC(=O)[C@]2(CC/C(C)=C/CC(=O)O)O[C@@H]2[C@@H]1O. The van der Waals surface area contributed by atoms with E-state index in [0.29, 0.717) is 18.4 Å². The van der Waals surface area contributed by atoms with E-state index in [9.17, 15) is 14.7 Å². The van der Waals surface area contributed by atoms with Gasteiger partial charge >= 0.3 is 5.97 Å². The highest BCUT2D eigenvalue weighted by atomic mass is 16.6. The second-order valence-electron chi connectivity index (χ2n) is 5.27. The van der Waals surface area contributed by atoms with Gasteiger partial charge in [-0.05, 0) is 38.3 Å². The molecule has 1 fully saturated rings. The van der Waals surface area contributed by atoms with Gasteiger partial charge in [-0.2, -0.15) is 0 Å². The molecule has 0 saturated carbocycles. The van der Waals surface area contributed by atoms with E-state index >= 15 is 0 Å². The third-order valence-corrected chi connectivity index (χ3v) is 3.78. The highest BCUT2D eigenvalue weighted by molar-refractivity contribution is 6.01. The molecule has 3 atom stereocenters. The third-order valence-electron chi connectivity index (χ3n) is 3.78. The van der Waals surface area contributed by atoms with Gasteiger partial charge in [-0.1, -0.05) is 11.6 Å². The smallest absolute Gasteiger partial charge is 0.307 e. The normalized spacial score (nSPS) is 33.7. The predicted molar refractivity (Wildman–Crippen MR) is 67.6 cm³/mol. The van der Waals surface area contributed by atoms with Gasteiger partial charge in [0.1, 0.15) is 12.2 Å². The standard InChI is InChI=1S/C14H18O5/c1-8(3-4-11(16)17)5-6-14-10(15)7-9(2)12(18)13(14)19-14/h3,7,12-13,18H,4-6H2,1-2H3,(H,16,17)/b8-3+/t12-,13-,14+/m1/s1. The summed E-state index contributed by atoms with van der Waals surface area (Å²) < 4.78 is 5.44. The van der Waals surface area contributed by atoms with Crippen LogP contribution in [0, 0.1) is 0 Å². The van der Waals surface area contributed by atoms with Crippen molar-refractivity contribution in [1.29, 1.82) is 0 Å². The molecule has 1 aliphatic heterocycles. The highest BCUT2D eigenvalue weighted by Gasteiger charge is 2.65. The molecule has 1 heterocycles. The van der Waals surface area contributed by atoms with Crippen LogP contribution in [-0.4, -0.2) is 39.8 Å². The monoisotopic (exact) mass is 266 g/mol. The van der Waals surface area contributed by atoms with Crippen molar-refractivity contribution in [2.45, 2.75) is 50.9 Å². The van der Waals surface area contributed by atoms with Crippen molar-refractivity contribution in [1.82, 2.24) is 0 Å². The van der Waals surface area contributed by atoms with Gasteiger partial charge in [0, 0.05) is 0 Å². The molecule has 1 aliphatic carbocycles. The van der Waals surface area contributed by atoms with Gasteiger partial charge in [0.25, 0.3) is 0 Å². The quantitative estimate of drug-likeness (QED) is 0.577. The lowest BCUT2D eigenvalue weighted by molar-refractivity contribution is -0.136. The number of hydrogen-bond donors (Lipinski definition) is 2. The van der Waals surface area contributed by atoms with Gasteiger partial charge in [-0.15, -0.1) is 0 Å². The summed E-state index contributed by atoms with van der Waals surface area (Å²) in [7, 11) is 0. The number of aliphatic hydroxyl groups is 1. The molecule has 0 spiro atoms. The number of ketones is 1. The lowest BCUT2D eigenvalue weighted by Gasteiger charge is -2.18. The van der Waals surface area contributed by atoms with E-state index < -0.39 is 23.8 Å². The summed E-state index contributed by atoms with van der Waals surface area (Å²) in [5, 5.41) is 18.5. The van der Waals surface area contributed by atoms with Gasteiger partial charge < -0.3 is 14.9 Å². The van der Waals surface area contributed by atoms with Crippen LogP contribution in [0.2, 0.25) is 0 Å². The van der Waals surface area contributed by atoms with Crippen LogP contribution in [0.25, 0.3) is 0 Å². The van der Waals surface area contributed by atoms with E-state index in [1.54, 1.807) is 13.0 Å². The minimum Gasteiger partial charge on any atom is -0.481 e. The van der Waals surface area contributed by atoms with Crippen molar-refractivity contribution in [3.05, 3.63) is 23.3 Å². The minimum absolute atomic E-state index is 0.0152. The maximum Gasteiger partial charge on any atom is 0.307 e. The highest BCUT2D eigenvalue weighted by Crippen LogP contribution is 2.48. The molecule has 5 heteroatoms. The summed E-state index contributed by atoms with van der Waals surface area (Å²) in [5.41, 5.74) is 0.679. The summed E-state index contributed by atoms with van der Waals surface area (Å²) in [6.45, 7) is 3.55. The van der Waals surface area contributed by atoms with E-state index in [0.717, 1.165) is 5.57 Å². The molecule has 19 heavy (non-hydrogen) atoms. The van der Waals surface area contributed by atoms with Crippen LogP contribution >= 0.6 is 0 Å². The van der Waals surface area contributed by atoms with Gasteiger partial charge in [0.15, 0.2) is 11.4 Å². The lowest BCUT2D eigenvalue weighted by atomic mass is 9.83. The van der Waals surface area contributed by atoms with Crippen molar-refractivity contribution < 1.29 is 24.5 Å². The van der Waals surface area contributed by atoms with Crippen LogP contribution in [0.15, 0.2) is 23.3 Å². The van der Waals surface area contributed by atoms with Crippen LogP contribution < -0.4 is 0 Å². The number of carbonyl (C=O) groups is 2. The topological polar surface area (TPSA) is 87.1 Å². The van der Waals surface area contributed by atoms with E-state index in [1.807, 2.05) is 6.92 Å². The molecule has 104 valence electrons. The van der Waals surface area contributed by atoms with Crippen LogP contribution in [0.1, 0.15) is 33.1 Å². The Morgan fingerprint density at radius 1 is 1.58 bits per heavy atom. The largest absolute Gasteiger partial charge is 0.481 e. The molecule has 0 bridgehead atoms. The Kier molecular flexibility index (Phi) is 3.60. The predicted octanol–water partition coefficient (Wildman–Crippen LogP) is 1.22. The number of fused-ring (bicyclic) bond motifs is 1. The molecule has 0 amide bonds. The Balaban J connectivity index is 1.96. The van der Waals surface area contributed by atoms with Crippen molar-refractivity contribution >= 4 is 11.8 Å². The Morgan fingerprint density at radius 3 is 2.89 bits per heavy atom. The second-order valence-corrected chi connectivity index (χ2v) is 5.27. The first kappa shape index (κ1) is 14.0. The zero-order valence-corrected chi connectivity index (χ0v) is 11.0. The summed E-state index contributed by atoms with van der Waals surface area (Å²) in [4.78, 5) is 22.4. The Morgan fingerprint density at radius 2 is 2.26 bits per heavy atom. The lowest BCUT2D eigenvalue weighted by Crippen LogP contribution is -2.36. The number of hydrogen-bond acceptors (Lipinski definition) is 4. The number of epoxide rings is 1. The maximum atomic E-state index is 12.0. The fourth-order valence-electron chi connectivity index (χ4n) is 2.43. The molecule has 5 nitrogen and oxygen atoms in total. The van der Waals surface area contributed by atoms with Crippen molar-refractivity contribution in [3.63, 3.8) is 0 Å².